The molecule has 1 N–H and O–H groups in total. The molecule has 0 radical (unpaired) electrons. The molecule has 1 aliphatic heterocycles. The summed E-state index contributed by atoms with van der Waals surface area (Å²) in [6, 6.07) is 11.4. The number of hydrogen-bond donors (Lipinski definition) is 1. The van der Waals surface area contributed by atoms with E-state index >= 15 is 0 Å². The molecular weight excluding hydrogens is 466 g/mol. The summed E-state index contributed by atoms with van der Waals surface area (Å²) in [6.45, 7) is 6.84. The summed E-state index contributed by atoms with van der Waals surface area (Å²) in [5, 5.41) is 8.11. The fourth-order valence-electron chi connectivity index (χ4n) is 5.44. The van der Waals surface area contributed by atoms with E-state index in [2.05, 4.69) is 20.2 Å². The lowest BCUT2D eigenvalue weighted by Crippen LogP contribution is -2.41. The highest BCUT2D eigenvalue weighted by Gasteiger charge is 2.37. The summed E-state index contributed by atoms with van der Waals surface area (Å²) in [5.74, 6) is 1.01. The number of carbonyl (C=O) groups excluding carboxylic acids is 1. The Balaban J connectivity index is 1.32. The molecule has 2 atom stereocenters. The maximum absolute atomic E-state index is 13.3. The van der Waals surface area contributed by atoms with Crippen LogP contribution in [0, 0.1) is 13.8 Å². The summed E-state index contributed by atoms with van der Waals surface area (Å²) in [7, 11) is 0. The fraction of sp³-hybridized carbons (Fsp3) is 0.393. The third-order valence-corrected chi connectivity index (χ3v) is 7.70. The Bertz CT molecular complexity index is 1540. The van der Waals surface area contributed by atoms with E-state index < -0.39 is 0 Å². The number of nitrogens with one attached hydrogen (secondary N) is 1. The van der Waals surface area contributed by atoms with Crippen molar-refractivity contribution in [2.75, 3.05) is 11.4 Å². The maximum Gasteiger partial charge on any atom is 0.263 e. The van der Waals surface area contributed by atoms with E-state index in [4.69, 9.17) is 5.10 Å². The summed E-state index contributed by atoms with van der Waals surface area (Å²) in [4.78, 5) is 37.7. The maximum atomic E-state index is 13.3. The Kier molecular flexibility index (Phi) is 5.78. The van der Waals surface area contributed by atoms with Crippen molar-refractivity contribution in [3.63, 3.8) is 0 Å². The molecule has 0 bridgehead atoms. The molecule has 9 heteroatoms. The molecule has 2 aliphatic rings. The summed E-state index contributed by atoms with van der Waals surface area (Å²) in [6.07, 6.45) is 6.73. The van der Waals surface area contributed by atoms with Gasteiger partial charge in [0.1, 0.15) is 11.4 Å². The van der Waals surface area contributed by atoms with Crippen molar-refractivity contribution in [2.24, 2.45) is 0 Å². The van der Waals surface area contributed by atoms with Crippen LogP contribution in [0.25, 0.3) is 5.65 Å². The Morgan fingerprint density at radius 3 is 2.70 bits per heavy atom. The van der Waals surface area contributed by atoms with Crippen molar-refractivity contribution in [3.8, 4) is 0 Å². The fourth-order valence-corrected chi connectivity index (χ4v) is 5.44. The van der Waals surface area contributed by atoms with Gasteiger partial charge in [0.05, 0.1) is 23.6 Å². The zero-order valence-corrected chi connectivity index (χ0v) is 21.4. The molecule has 0 spiro atoms. The Hall–Kier alpha value is -4.01. The second-order valence-electron chi connectivity index (χ2n) is 10.1. The van der Waals surface area contributed by atoms with Gasteiger partial charge in [-0.2, -0.15) is 0 Å². The van der Waals surface area contributed by atoms with Gasteiger partial charge in [0.25, 0.3) is 11.5 Å². The average molecular weight is 498 g/mol. The van der Waals surface area contributed by atoms with Crippen LogP contribution in [-0.4, -0.2) is 42.6 Å². The molecule has 4 aromatic heterocycles. The van der Waals surface area contributed by atoms with Crippen molar-refractivity contribution in [1.82, 2.24) is 29.5 Å². The van der Waals surface area contributed by atoms with Crippen molar-refractivity contribution in [2.45, 2.75) is 64.6 Å². The lowest BCUT2D eigenvalue weighted by molar-refractivity contribution is 0.0937. The highest BCUT2D eigenvalue weighted by molar-refractivity contribution is 5.94. The SMILES string of the molecule is CCn1c(C)c(C)cc(C(=O)N[C@H]2C[C@H](c3ccccn3)N(c3ccc4ncc(C5CC5)n4n3)C2)c1=O. The number of aromatic nitrogens is 5. The number of nitrogens with zero attached hydrogens (tertiary/aromatic N) is 6. The molecule has 0 unspecified atom stereocenters. The molecule has 9 nitrogen and oxygen atoms in total. The molecule has 4 aromatic rings. The number of anilines is 1. The van der Waals surface area contributed by atoms with Crippen LogP contribution in [0.1, 0.15) is 71.1 Å². The van der Waals surface area contributed by atoms with Crippen LogP contribution in [-0.2, 0) is 6.54 Å². The number of carbonyl (C=O) groups is 1. The van der Waals surface area contributed by atoms with Gasteiger partial charge in [-0.05, 0) is 75.9 Å². The summed E-state index contributed by atoms with van der Waals surface area (Å²) >= 11 is 0. The van der Waals surface area contributed by atoms with E-state index in [0.29, 0.717) is 25.4 Å². The first kappa shape index (κ1) is 23.4. The first-order chi connectivity index (χ1) is 17.9. The van der Waals surface area contributed by atoms with Crippen LogP contribution in [0.3, 0.4) is 0 Å². The molecule has 37 heavy (non-hydrogen) atoms. The van der Waals surface area contributed by atoms with E-state index in [1.807, 2.05) is 61.8 Å². The highest BCUT2D eigenvalue weighted by Crippen LogP contribution is 2.40. The first-order valence-corrected chi connectivity index (χ1v) is 13.0. The van der Waals surface area contributed by atoms with E-state index in [0.717, 1.165) is 34.1 Å². The van der Waals surface area contributed by atoms with Crippen molar-refractivity contribution < 1.29 is 4.79 Å². The average Bonchev–Trinajstić information content (AvgIpc) is 3.53. The van der Waals surface area contributed by atoms with Gasteiger partial charge < -0.3 is 14.8 Å². The largest absolute Gasteiger partial charge is 0.347 e. The molecule has 1 amide bonds. The molecule has 1 saturated heterocycles. The molecule has 0 aromatic carbocycles. The molecule has 190 valence electrons. The highest BCUT2D eigenvalue weighted by atomic mass is 16.2. The molecule has 2 fully saturated rings. The number of rotatable bonds is 6. The molecule has 1 aliphatic carbocycles. The van der Waals surface area contributed by atoms with Gasteiger partial charge in [0, 0.05) is 36.9 Å². The van der Waals surface area contributed by atoms with Crippen LogP contribution >= 0.6 is 0 Å². The Morgan fingerprint density at radius 1 is 1.14 bits per heavy atom. The number of amides is 1. The Labute approximate surface area is 215 Å². The molecular formula is C28H31N7O2. The summed E-state index contributed by atoms with van der Waals surface area (Å²) < 4.78 is 3.61. The van der Waals surface area contributed by atoms with Crippen LogP contribution in [0.15, 0.2) is 53.6 Å². The van der Waals surface area contributed by atoms with Crippen LogP contribution in [0.4, 0.5) is 5.82 Å². The second kappa shape index (κ2) is 9.14. The zero-order chi connectivity index (χ0) is 25.7. The van der Waals surface area contributed by atoms with Crippen molar-refractivity contribution >= 4 is 17.4 Å². The third kappa shape index (κ3) is 4.18. The lowest BCUT2D eigenvalue weighted by Gasteiger charge is -2.25. The van der Waals surface area contributed by atoms with Gasteiger partial charge >= 0.3 is 0 Å². The minimum Gasteiger partial charge on any atom is -0.347 e. The number of fused-ring (bicyclic) bond motifs is 1. The number of aryl methyl sites for hydroxylation is 1. The van der Waals surface area contributed by atoms with Gasteiger partial charge in [-0.25, -0.2) is 9.50 Å². The third-order valence-electron chi connectivity index (χ3n) is 7.70. The van der Waals surface area contributed by atoms with Gasteiger partial charge in [0.15, 0.2) is 5.65 Å². The molecule has 5 heterocycles. The standard InChI is InChI=1S/C28H31N7O2/c1-4-33-18(3)17(2)13-21(28(33)37)27(36)31-20-14-23(22-7-5-6-12-29-22)34(16-20)26-11-10-25-30-15-24(19-8-9-19)35(25)32-26/h5-7,10-13,15,19-20,23H,4,8-9,14,16H2,1-3H3,(H,31,36)/t20-,23+/m0/s1. The zero-order valence-electron chi connectivity index (χ0n) is 21.4. The molecule has 1 saturated carbocycles. The number of hydrogen-bond acceptors (Lipinski definition) is 6. The second-order valence-corrected chi connectivity index (χ2v) is 10.1. The first-order valence-electron chi connectivity index (χ1n) is 13.0. The summed E-state index contributed by atoms with van der Waals surface area (Å²) in [5.41, 5.74) is 4.66. The van der Waals surface area contributed by atoms with Gasteiger partial charge in [-0.3, -0.25) is 14.6 Å². The van der Waals surface area contributed by atoms with E-state index in [9.17, 15) is 9.59 Å². The van der Waals surface area contributed by atoms with Crippen LogP contribution in [0.5, 0.6) is 0 Å². The quantitative estimate of drug-likeness (QED) is 0.438. The van der Waals surface area contributed by atoms with Crippen molar-refractivity contribution in [3.05, 3.63) is 87.4 Å². The van der Waals surface area contributed by atoms with Crippen LogP contribution in [0.2, 0.25) is 0 Å². The number of pyridine rings is 2. The van der Waals surface area contributed by atoms with Crippen molar-refractivity contribution in [1.29, 1.82) is 0 Å². The van der Waals surface area contributed by atoms with E-state index in [1.54, 1.807) is 16.8 Å². The molecule has 6 rings (SSSR count). The van der Waals surface area contributed by atoms with E-state index in [-0.39, 0.29) is 29.1 Å². The van der Waals surface area contributed by atoms with Crippen LogP contribution < -0.4 is 15.8 Å². The topological polar surface area (TPSA) is 97.4 Å². The smallest absolute Gasteiger partial charge is 0.263 e. The van der Waals surface area contributed by atoms with Gasteiger partial charge in [-0.15, -0.1) is 5.10 Å². The minimum absolute atomic E-state index is 0.0589. The minimum atomic E-state index is -0.337. The van der Waals surface area contributed by atoms with Gasteiger partial charge in [0.2, 0.25) is 0 Å². The predicted octanol–water partition coefficient (Wildman–Crippen LogP) is 3.55. The normalized spacial score (nSPS) is 19.5. The van der Waals surface area contributed by atoms with Gasteiger partial charge in [-0.1, -0.05) is 6.07 Å². The predicted molar refractivity (Wildman–Crippen MR) is 141 cm³/mol. The lowest BCUT2D eigenvalue weighted by atomic mass is 10.1. The van der Waals surface area contributed by atoms with E-state index in [1.165, 1.54) is 12.8 Å². The Morgan fingerprint density at radius 2 is 1.97 bits per heavy atom. The monoisotopic (exact) mass is 497 g/mol. The number of imidazole rings is 1.